The molecule has 0 radical (unpaired) electrons. The van der Waals surface area contributed by atoms with Gasteiger partial charge in [0, 0.05) is 6.20 Å². The van der Waals surface area contributed by atoms with Crippen molar-refractivity contribution >= 4 is 0 Å². The average molecular weight is 285 g/mol. The molecule has 0 aromatic heterocycles. The van der Waals surface area contributed by atoms with Crippen molar-refractivity contribution in [1.82, 2.24) is 4.90 Å². The van der Waals surface area contributed by atoms with Crippen LogP contribution in [0.25, 0.3) is 0 Å². The molecule has 0 saturated carbocycles. The molecule has 0 spiro atoms. The van der Waals surface area contributed by atoms with Crippen LogP contribution in [0.15, 0.2) is 12.3 Å². The second kappa shape index (κ2) is 13.4. The molecule has 0 aliphatic carbocycles. The van der Waals surface area contributed by atoms with Crippen molar-refractivity contribution in [3.8, 4) is 0 Å². The van der Waals surface area contributed by atoms with Crippen molar-refractivity contribution in [3.63, 3.8) is 0 Å². The summed E-state index contributed by atoms with van der Waals surface area (Å²) in [7, 11) is 0. The fourth-order valence-electron chi connectivity index (χ4n) is 2.23. The van der Waals surface area contributed by atoms with E-state index in [1.807, 2.05) is 20.0 Å². The van der Waals surface area contributed by atoms with Crippen LogP contribution in [0.2, 0.25) is 0 Å². The summed E-state index contributed by atoms with van der Waals surface area (Å²) in [6, 6.07) is 0. The Morgan fingerprint density at radius 3 is 1.80 bits per heavy atom. The van der Waals surface area contributed by atoms with Gasteiger partial charge in [-0.1, -0.05) is 65.4 Å². The van der Waals surface area contributed by atoms with Gasteiger partial charge in [-0.05, 0) is 25.7 Å². The van der Waals surface area contributed by atoms with Gasteiger partial charge in [0.05, 0.1) is 0 Å². The summed E-state index contributed by atoms with van der Waals surface area (Å²) >= 11 is 0. The summed E-state index contributed by atoms with van der Waals surface area (Å²) in [6.07, 6.45) is 14.2. The molecule has 0 bridgehead atoms. The van der Waals surface area contributed by atoms with E-state index in [9.17, 15) is 10.2 Å². The maximum absolute atomic E-state index is 9.86. The van der Waals surface area contributed by atoms with E-state index >= 15 is 0 Å². The molecule has 3 nitrogen and oxygen atoms in total. The molecule has 0 aromatic rings. The fourth-order valence-corrected chi connectivity index (χ4v) is 2.23. The summed E-state index contributed by atoms with van der Waals surface area (Å²) < 4.78 is 0. The molecule has 120 valence electrons. The molecule has 0 amide bonds. The quantitative estimate of drug-likeness (QED) is 0.389. The lowest BCUT2D eigenvalue weighted by Crippen LogP contribution is -2.38. The number of hydrogen-bond acceptors (Lipinski definition) is 3. The van der Waals surface area contributed by atoms with Gasteiger partial charge in [0.25, 0.3) is 0 Å². The smallest absolute Gasteiger partial charge is 0.128 e. The number of rotatable bonds is 13. The van der Waals surface area contributed by atoms with Crippen LogP contribution in [-0.2, 0) is 0 Å². The highest BCUT2D eigenvalue weighted by Crippen LogP contribution is 2.11. The topological polar surface area (TPSA) is 43.7 Å². The Morgan fingerprint density at radius 2 is 1.30 bits per heavy atom. The summed E-state index contributed by atoms with van der Waals surface area (Å²) in [5.41, 5.74) is 0. The molecule has 3 heteroatoms. The second-order valence-electron chi connectivity index (χ2n) is 5.52. The largest absolute Gasteiger partial charge is 0.374 e. The molecule has 0 saturated heterocycles. The first kappa shape index (κ1) is 19.5. The number of allylic oxidation sites excluding steroid dienone is 1. The maximum Gasteiger partial charge on any atom is 0.128 e. The monoisotopic (exact) mass is 285 g/mol. The third kappa shape index (κ3) is 9.38. The standard InChI is InChI=1S/C17H35NO2/c1-4-7-8-9-10-11-12-13-14-15-18(16(19)5-2)17(20)6-3/h14-17,19-20H,4-13H2,1-3H3. The minimum Gasteiger partial charge on any atom is -0.374 e. The van der Waals surface area contributed by atoms with Crippen molar-refractivity contribution in [1.29, 1.82) is 0 Å². The third-order valence-corrected chi connectivity index (χ3v) is 3.67. The van der Waals surface area contributed by atoms with E-state index in [0.29, 0.717) is 12.8 Å². The molecule has 2 atom stereocenters. The highest BCUT2D eigenvalue weighted by atomic mass is 16.3. The number of unbranched alkanes of at least 4 members (excludes halogenated alkanes) is 7. The van der Waals surface area contributed by atoms with Gasteiger partial charge in [0.1, 0.15) is 12.5 Å². The Hall–Kier alpha value is -0.540. The fraction of sp³-hybridized carbons (Fsp3) is 0.882. The van der Waals surface area contributed by atoms with Crippen LogP contribution in [-0.4, -0.2) is 27.6 Å². The molecular weight excluding hydrogens is 250 g/mol. The van der Waals surface area contributed by atoms with E-state index in [-0.39, 0.29) is 0 Å². The van der Waals surface area contributed by atoms with Crippen molar-refractivity contribution in [3.05, 3.63) is 12.3 Å². The average Bonchev–Trinajstić information content (AvgIpc) is 2.48. The lowest BCUT2D eigenvalue weighted by molar-refractivity contribution is -0.0725. The van der Waals surface area contributed by atoms with E-state index in [4.69, 9.17) is 0 Å². The van der Waals surface area contributed by atoms with Crippen LogP contribution < -0.4 is 0 Å². The normalized spacial score (nSPS) is 14.7. The maximum atomic E-state index is 9.86. The van der Waals surface area contributed by atoms with Crippen molar-refractivity contribution < 1.29 is 10.2 Å². The van der Waals surface area contributed by atoms with Gasteiger partial charge in [-0.15, -0.1) is 0 Å². The van der Waals surface area contributed by atoms with Crippen LogP contribution in [0.5, 0.6) is 0 Å². The first-order valence-electron chi connectivity index (χ1n) is 8.47. The predicted octanol–water partition coefficient (Wildman–Crippen LogP) is 4.40. The van der Waals surface area contributed by atoms with Crippen LogP contribution in [0.4, 0.5) is 0 Å². The molecular formula is C17H35NO2. The van der Waals surface area contributed by atoms with Gasteiger partial charge in [-0.2, -0.15) is 0 Å². The van der Waals surface area contributed by atoms with E-state index < -0.39 is 12.5 Å². The van der Waals surface area contributed by atoms with E-state index in [0.717, 1.165) is 6.42 Å². The van der Waals surface area contributed by atoms with Crippen molar-refractivity contribution in [2.75, 3.05) is 0 Å². The van der Waals surface area contributed by atoms with Crippen LogP contribution >= 0.6 is 0 Å². The minimum atomic E-state index is -0.588. The lowest BCUT2D eigenvalue weighted by Gasteiger charge is -2.30. The summed E-state index contributed by atoms with van der Waals surface area (Å²) in [4.78, 5) is 1.65. The number of aliphatic hydroxyl groups excluding tert-OH is 2. The zero-order chi connectivity index (χ0) is 15.2. The number of hydrogen-bond donors (Lipinski definition) is 2. The van der Waals surface area contributed by atoms with E-state index in [1.54, 1.807) is 4.90 Å². The van der Waals surface area contributed by atoms with Gasteiger partial charge in [-0.3, -0.25) is 0 Å². The predicted molar refractivity (Wildman–Crippen MR) is 86.2 cm³/mol. The van der Waals surface area contributed by atoms with Gasteiger partial charge in [-0.25, -0.2) is 0 Å². The van der Waals surface area contributed by atoms with Crippen LogP contribution in [0, 0.1) is 0 Å². The highest BCUT2D eigenvalue weighted by Gasteiger charge is 2.15. The molecule has 0 fully saturated rings. The van der Waals surface area contributed by atoms with Gasteiger partial charge < -0.3 is 15.1 Å². The van der Waals surface area contributed by atoms with Crippen LogP contribution in [0.3, 0.4) is 0 Å². The van der Waals surface area contributed by atoms with Gasteiger partial charge in [0.2, 0.25) is 0 Å². The summed E-state index contributed by atoms with van der Waals surface area (Å²) in [5, 5.41) is 19.7. The first-order valence-corrected chi connectivity index (χ1v) is 8.47. The van der Waals surface area contributed by atoms with Crippen molar-refractivity contribution in [2.45, 2.75) is 97.4 Å². The van der Waals surface area contributed by atoms with E-state index in [1.165, 1.54) is 44.9 Å². The Labute approximate surface area is 125 Å². The van der Waals surface area contributed by atoms with Crippen molar-refractivity contribution in [2.24, 2.45) is 0 Å². The molecule has 0 rings (SSSR count). The first-order chi connectivity index (χ1) is 9.67. The Morgan fingerprint density at radius 1 is 0.800 bits per heavy atom. The lowest BCUT2D eigenvalue weighted by atomic mass is 10.1. The van der Waals surface area contributed by atoms with Gasteiger partial charge in [0.15, 0.2) is 0 Å². The molecule has 0 heterocycles. The second-order valence-corrected chi connectivity index (χ2v) is 5.52. The number of aliphatic hydroxyl groups is 2. The Bertz CT molecular complexity index is 221. The molecule has 0 aliphatic rings. The molecule has 2 unspecified atom stereocenters. The molecule has 20 heavy (non-hydrogen) atoms. The minimum absolute atomic E-state index is 0.588. The third-order valence-electron chi connectivity index (χ3n) is 3.67. The Balaban J connectivity index is 3.78. The molecule has 0 aromatic carbocycles. The van der Waals surface area contributed by atoms with E-state index in [2.05, 4.69) is 13.0 Å². The number of nitrogens with zero attached hydrogens (tertiary/aromatic N) is 1. The highest BCUT2D eigenvalue weighted by molar-refractivity contribution is 4.84. The molecule has 0 aliphatic heterocycles. The van der Waals surface area contributed by atoms with Crippen LogP contribution in [0.1, 0.15) is 85.0 Å². The van der Waals surface area contributed by atoms with Gasteiger partial charge >= 0.3 is 0 Å². The zero-order valence-electron chi connectivity index (χ0n) is 13.7. The zero-order valence-corrected chi connectivity index (χ0v) is 13.7. The summed E-state index contributed by atoms with van der Waals surface area (Å²) in [6.45, 7) is 6.08. The Kier molecular flexibility index (Phi) is 13.1. The summed E-state index contributed by atoms with van der Waals surface area (Å²) in [5.74, 6) is 0. The SMILES string of the molecule is CCCCCCCCCC=CN(C(O)CC)C(O)CC. The molecule has 2 N–H and O–H groups in total.